The van der Waals surface area contributed by atoms with Gasteiger partial charge in [0.1, 0.15) is 0 Å². The molecule has 0 aromatic carbocycles. The van der Waals surface area contributed by atoms with Crippen LogP contribution in [0, 0.1) is 5.92 Å². The molecule has 0 N–H and O–H groups in total. The van der Waals surface area contributed by atoms with Gasteiger partial charge >= 0.3 is 0 Å². The molecule has 0 radical (unpaired) electrons. The van der Waals surface area contributed by atoms with E-state index in [9.17, 15) is 0 Å². The predicted octanol–water partition coefficient (Wildman–Crippen LogP) is 3.19. The minimum Gasteiger partial charge on any atom is -0.417 e. The van der Waals surface area contributed by atoms with Crippen molar-refractivity contribution >= 4 is 8.32 Å². The molecule has 0 bridgehead atoms. The molecular weight excluding hydrogens is 164 g/mol. The SMILES string of the molecule is C[Si](C)(C)OCC1C=CCCC1. The summed E-state index contributed by atoms with van der Waals surface area (Å²) in [7, 11) is -1.28. The lowest BCUT2D eigenvalue weighted by atomic mass is 9.97. The summed E-state index contributed by atoms with van der Waals surface area (Å²) in [6.45, 7) is 7.70. The summed E-state index contributed by atoms with van der Waals surface area (Å²) in [4.78, 5) is 0. The lowest BCUT2D eigenvalue weighted by molar-refractivity contribution is 0.257. The summed E-state index contributed by atoms with van der Waals surface area (Å²) >= 11 is 0. The molecule has 2 heteroatoms. The van der Waals surface area contributed by atoms with Crippen molar-refractivity contribution in [1.29, 1.82) is 0 Å². The van der Waals surface area contributed by atoms with Gasteiger partial charge in [-0.3, -0.25) is 0 Å². The Balaban J connectivity index is 2.22. The first-order valence-corrected chi connectivity index (χ1v) is 8.29. The number of rotatable bonds is 3. The van der Waals surface area contributed by atoms with Gasteiger partial charge in [0.25, 0.3) is 0 Å². The highest BCUT2D eigenvalue weighted by molar-refractivity contribution is 6.69. The van der Waals surface area contributed by atoms with E-state index in [0.717, 1.165) is 6.61 Å². The molecule has 1 unspecified atom stereocenters. The van der Waals surface area contributed by atoms with E-state index in [1.54, 1.807) is 0 Å². The van der Waals surface area contributed by atoms with Gasteiger partial charge in [-0.2, -0.15) is 0 Å². The Morgan fingerprint density at radius 1 is 1.42 bits per heavy atom. The number of allylic oxidation sites excluding steroid dienone is 1. The van der Waals surface area contributed by atoms with Crippen LogP contribution >= 0.6 is 0 Å². The van der Waals surface area contributed by atoms with Crippen LogP contribution in [0.1, 0.15) is 19.3 Å². The van der Waals surface area contributed by atoms with Crippen molar-refractivity contribution in [2.45, 2.75) is 38.9 Å². The maximum absolute atomic E-state index is 5.86. The van der Waals surface area contributed by atoms with E-state index in [1.807, 2.05) is 0 Å². The van der Waals surface area contributed by atoms with Crippen LogP contribution in [-0.2, 0) is 4.43 Å². The van der Waals surface area contributed by atoms with E-state index in [1.165, 1.54) is 19.3 Å². The molecule has 1 aliphatic carbocycles. The third-order valence-electron chi connectivity index (χ3n) is 2.08. The Morgan fingerprint density at radius 3 is 2.67 bits per heavy atom. The van der Waals surface area contributed by atoms with Crippen molar-refractivity contribution in [2.24, 2.45) is 5.92 Å². The van der Waals surface area contributed by atoms with Crippen LogP contribution < -0.4 is 0 Å². The van der Waals surface area contributed by atoms with Gasteiger partial charge in [0.05, 0.1) is 0 Å². The topological polar surface area (TPSA) is 9.23 Å². The Labute approximate surface area is 76.9 Å². The minimum atomic E-state index is -1.28. The van der Waals surface area contributed by atoms with Gasteiger partial charge in [-0.1, -0.05) is 12.2 Å². The largest absolute Gasteiger partial charge is 0.417 e. The molecule has 1 atom stereocenters. The van der Waals surface area contributed by atoms with Gasteiger partial charge in [-0.05, 0) is 44.8 Å². The summed E-state index contributed by atoms with van der Waals surface area (Å²) in [6.07, 6.45) is 8.55. The van der Waals surface area contributed by atoms with Gasteiger partial charge in [-0.15, -0.1) is 0 Å². The molecule has 0 amide bonds. The minimum absolute atomic E-state index is 0.700. The van der Waals surface area contributed by atoms with Gasteiger partial charge in [0.2, 0.25) is 0 Å². The summed E-state index contributed by atoms with van der Waals surface area (Å²) < 4.78 is 5.86. The highest BCUT2D eigenvalue weighted by Gasteiger charge is 2.17. The normalized spacial score (nSPS) is 24.4. The molecule has 0 saturated carbocycles. The average Bonchev–Trinajstić information content (AvgIpc) is 2.02. The molecule has 0 aliphatic heterocycles. The molecule has 1 rings (SSSR count). The second kappa shape index (κ2) is 4.24. The molecule has 0 saturated heterocycles. The van der Waals surface area contributed by atoms with Crippen molar-refractivity contribution in [2.75, 3.05) is 6.61 Å². The highest BCUT2D eigenvalue weighted by atomic mass is 28.4. The number of hydrogen-bond acceptors (Lipinski definition) is 1. The molecular formula is C10H20OSi. The van der Waals surface area contributed by atoms with Crippen LogP contribution in [0.5, 0.6) is 0 Å². The van der Waals surface area contributed by atoms with Crippen molar-refractivity contribution in [1.82, 2.24) is 0 Å². The van der Waals surface area contributed by atoms with E-state index in [2.05, 4.69) is 31.8 Å². The van der Waals surface area contributed by atoms with Crippen LogP contribution in [0.25, 0.3) is 0 Å². The van der Waals surface area contributed by atoms with E-state index >= 15 is 0 Å². The molecule has 1 aliphatic rings. The lowest BCUT2D eigenvalue weighted by Crippen LogP contribution is -2.28. The second-order valence-corrected chi connectivity index (χ2v) is 9.06. The van der Waals surface area contributed by atoms with E-state index in [-0.39, 0.29) is 0 Å². The van der Waals surface area contributed by atoms with Crippen LogP contribution in [0.3, 0.4) is 0 Å². The van der Waals surface area contributed by atoms with Crippen LogP contribution in [0.4, 0.5) is 0 Å². The molecule has 0 spiro atoms. The Morgan fingerprint density at radius 2 is 2.17 bits per heavy atom. The van der Waals surface area contributed by atoms with Gasteiger partial charge in [0, 0.05) is 6.61 Å². The molecule has 12 heavy (non-hydrogen) atoms. The van der Waals surface area contributed by atoms with Crippen LogP contribution in [0.15, 0.2) is 12.2 Å². The zero-order valence-electron chi connectivity index (χ0n) is 8.47. The molecule has 0 aromatic heterocycles. The molecule has 0 heterocycles. The van der Waals surface area contributed by atoms with E-state index < -0.39 is 8.32 Å². The smallest absolute Gasteiger partial charge is 0.183 e. The molecule has 0 aromatic rings. The third-order valence-corrected chi connectivity index (χ3v) is 3.12. The predicted molar refractivity (Wildman–Crippen MR) is 55.8 cm³/mol. The summed E-state index contributed by atoms with van der Waals surface area (Å²) in [6, 6.07) is 0. The number of hydrogen-bond donors (Lipinski definition) is 0. The maximum atomic E-state index is 5.86. The first-order chi connectivity index (χ1) is 5.58. The molecule has 0 fully saturated rings. The first kappa shape index (κ1) is 10.0. The van der Waals surface area contributed by atoms with Crippen LogP contribution in [0.2, 0.25) is 19.6 Å². The zero-order valence-corrected chi connectivity index (χ0v) is 9.47. The average molecular weight is 184 g/mol. The Hall–Kier alpha value is -0.0831. The fourth-order valence-electron chi connectivity index (χ4n) is 1.38. The van der Waals surface area contributed by atoms with E-state index in [0.29, 0.717) is 5.92 Å². The van der Waals surface area contributed by atoms with Crippen molar-refractivity contribution in [3.05, 3.63) is 12.2 Å². The summed E-state index contributed by atoms with van der Waals surface area (Å²) in [5.41, 5.74) is 0. The first-order valence-electron chi connectivity index (χ1n) is 4.88. The summed E-state index contributed by atoms with van der Waals surface area (Å²) in [5, 5.41) is 0. The van der Waals surface area contributed by atoms with E-state index in [4.69, 9.17) is 4.43 Å². The maximum Gasteiger partial charge on any atom is 0.183 e. The van der Waals surface area contributed by atoms with Crippen molar-refractivity contribution < 1.29 is 4.43 Å². The Kier molecular flexibility index (Phi) is 3.53. The van der Waals surface area contributed by atoms with Crippen molar-refractivity contribution in [3.63, 3.8) is 0 Å². The van der Waals surface area contributed by atoms with Gasteiger partial charge in [-0.25, -0.2) is 0 Å². The van der Waals surface area contributed by atoms with Gasteiger partial charge in [0.15, 0.2) is 8.32 Å². The van der Waals surface area contributed by atoms with Crippen molar-refractivity contribution in [3.8, 4) is 0 Å². The Bertz CT molecular complexity index is 158. The molecule has 1 nitrogen and oxygen atoms in total. The second-order valence-electron chi connectivity index (χ2n) is 4.54. The lowest BCUT2D eigenvalue weighted by Gasteiger charge is -2.22. The third kappa shape index (κ3) is 4.07. The fourth-order valence-corrected chi connectivity index (χ4v) is 2.09. The monoisotopic (exact) mass is 184 g/mol. The quantitative estimate of drug-likeness (QED) is 0.483. The molecule has 70 valence electrons. The highest BCUT2D eigenvalue weighted by Crippen LogP contribution is 2.18. The van der Waals surface area contributed by atoms with Gasteiger partial charge < -0.3 is 4.43 Å². The fraction of sp³-hybridized carbons (Fsp3) is 0.800. The zero-order chi connectivity index (χ0) is 9.03. The standard InChI is InChI=1S/C10H20OSi/c1-12(2,3)11-9-10-7-5-4-6-8-10/h5,7,10H,4,6,8-9H2,1-3H3. The summed E-state index contributed by atoms with van der Waals surface area (Å²) in [5.74, 6) is 0.700. The van der Waals surface area contributed by atoms with Crippen LogP contribution in [-0.4, -0.2) is 14.9 Å².